The Kier molecular flexibility index (Phi) is 9.91. The molecule has 4 N–H and O–H groups in total. The van der Waals surface area contributed by atoms with E-state index in [2.05, 4.69) is 15.4 Å². The number of methoxy groups -OCH3 is 1. The number of urea groups is 1. The predicted octanol–water partition coefficient (Wildman–Crippen LogP) is -0.154. The molecule has 3 amide bonds. The number of hydrogen-bond acceptors (Lipinski definition) is 6. The number of nitrogens with one attached hydrogen (secondary N) is 2. The molecule has 19 heavy (non-hydrogen) atoms. The fraction of sp³-hybridized carbons (Fsp3) is 0.727. The van der Waals surface area contributed by atoms with Gasteiger partial charge in [-0.3, -0.25) is 14.9 Å². The van der Waals surface area contributed by atoms with Crippen LogP contribution in [0.2, 0.25) is 0 Å². The normalized spacial score (nSPS) is 11.5. The molecule has 0 heterocycles. The lowest BCUT2D eigenvalue weighted by atomic mass is 10.2. The molecule has 0 saturated carbocycles. The van der Waals surface area contributed by atoms with E-state index in [0.717, 1.165) is 6.42 Å². The molecule has 0 rings (SSSR count). The molecule has 7 nitrogen and oxygen atoms in total. The van der Waals surface area contributed by atoms with Gasteiger partial charge in [-0.15, -0.1) is 0 Å². The van der Waals surface area contributed by atoms with Crippen LogP contribution in [0.1, 0.15) is 19.8 Å². The fourth-order valence-electron chi connectivity index (χ4n) is 1.09. The highest BCUT2D eigenvalue weighted by Crippen LogP contribution is 2.04. The van der Waals surface area contributed by atoms with Crippen molar-refractivity contribution in [1.29, 1.82) is 0 Å². The van der Waals surface area contributed by atoms with E-state index < -0.39 is 18.0 Å². The van der Waals surface area contributed by atoms with Gasteiger partial charge in [-0.1, -0.05) is 6.92 Å². The Balaban J connectivity index is 3.63. The van der Waals surface area contributed by atoms with Gasteiger partial charge in [-0.25, -0.2) is 4.79 Å². The molecule has 110 valence electrons. The van der Waals surface area contributed by atoms with Crippen LogP contribution in [0.25, 0.3) is 0 Å². The van der Waals surface area contributed by atoms with E-state index in [1.807, 2.05) is 6.92 Å². The number of ether oxygens (including phenoxy) is 1. The maximum absolute atomic E-state index is 11.3. The third-order valence-corrected chi connectivity index (χ3v) is 3.09. The molecule has 0 aliphatic rings. The molecule has 0 spiro atoms. The number of amides is 3. The summed E-state index contributed by atoms with van der Waals surface area (Å²) < 4.78 is 4.47. The minimum Gasteiger partial charge on any atom is -0.468 e. The Labute approximate surface area is 117 Å². The number of imide groups is 1. The summed E-state index contributed by atoms with van der Waals surface area (Å²) in [6, 6.07) is -1.16. The number of carbonyl (C=O) groups excluding carboxylic acids is 3. The summed E-state index contributed by atoms with van der Waals surface area (Å²) in [4.78, 5) is 33.5. The summed E-state index contributed by atoms with van der Waals surface area (Å²) in [5, 5.41) is 4.74. The van der Waals surface area contributed by atoms with Crippen LogP contribution < -0.4 is 16.4 Å². The van der Waals surface area contributed by atoms with Crippen molar-refractivity contribution in [1.82, 2.24) is 10.6 Å². The number of thioether (sulfide) groups is 1. The zero-order valence-corrected chi connectivity index (χ0v) is 12.0. The zero-order chi connectivity index (χ0) is 14.7. The first-order valence-electron chi connectivity index (χ1n) is 6.00. The first-order chi connectivity index (χ1) is 9.01. The van der Waals surface area contributed by atoms with Crippen molar-refractivity contribution < 1.29 is 19.1 Å². The van der Waals surface area contributed by atoms with Gasteiger partial charge in [0.15, 0.2) is 0 Å². The van der Waals surface area contributed by atoms with Gasteiger partial charge in [-0.2, -0.15) is 11.8 Å². The Hall–Kier alpha value is -1.28. The topological polar surface area (TPSA) is 111 Å². The number of carbonyl (C=O) groups is 3. The van der Waals surface area contributed by atoms with Crippen LogP contribution in [0.5, 0.6) is 0 Å². The van der Waals surface area contributed by atoms with Gasteiger partial charge in [0.2, 0.25) is 5.91 Å². The lowest BCUT2D eigenvalue weighted by Gasteiger charge is -2.08. The number of nitrogens with two attached hydrogens (primary N) is 1. The highest BCUT2D eigenvalue weighted by Gasteiger charge is 2.13. The summed E-state index contributed by atoms with van der Waals surface area (Å²) in [7, 11) is 1.28. The molecule has 8 heteroatoms. The second-order valence-corrected chi connectivity index (χ2v) is 4.88. The lowest BCUT2D eigenvalue weighted by Crippen LogP contribution is -2.40. The third-order valence-electron chi connectivity index (χ3n) is 2.10. The van der Waals surface area contributed by atoms with Crippen LogP contribution >= 0.6 is 11.8 Å². The van der Waals surface area contributed by atoms with Gasteiger partial charge in [0.1, 0.15) is 6.04 Å². The lowest BCUT2D eigenvalue weighted by molar-refractivity contribution is -0.142. The molecule has 0 aromatic carbocycles. The maximum Gasteiger partial charge on any atom is 0.322 e. The second kappa shape index (κ2) is 10.6. The van der Waals surface area contributed by atoms with Crippen molar-refractivity contribution in [3.63, 3.8) is 0 Å². The number of hydrogen-bond donors (Lipinski definition) is 3. The van der Waals surface area contributed by atoms with E-state index in [1.54, 1.807) is 0 Å². The van der Waals surface area contributed by atoms with Gasteiger partial charge < -0.3 is 15.8 Å². The molecule has 1 atom stereocenters. The van der Waals surface area contributed by atoms with Gasteiger partial charge in [0, 0.05) is 6.54 Å². The van der Waals surface area contributed by atoms with Crippen LogP contribution in [-0.2, 0) is 14.3 Å². The summed E-state index contributed by atoms with van der Waals surface area (Å²) >= 11 is 1.30. The highest BCUT2D eigenvalue weighted by molar-refractivity contribution is 7.99. The quantitative estimate of drug-likeness (QED) is 0.423. The molecule has 0 radical (unpaired) electrons. The first-order valence-corrected chi connectivity index (χ1v) is 7.15. The standard InChI is InChI=1S/C11H21N3O4S/c1-3-5-13-11(17)14-9(15)7-19-6-4-8(12)10(16)18-2/h8H,3-7,12H2,1-2H3,(H2,13,14,15,17). The Morgan fingerprint density at radius 3 is 2.63 bits per heavy atom. The maximum atomic E-state index is 11.3. The predicted molar refractivity (Wildman–Crippen MR) is 73.8 cm³/mol. The van der Waals surface area contributed by atoms with Crippen LogP contribution in [-0.4, -0.2) is 49.1 Å². The highest BCUT2D eigenvalue weighted by atomic mass is 32.2. The molecular weight excluding hydrogens is 270 g/mol. The minimum absolute atomic E-state index is 0.146. The SMILES string of the molecule is CCCNC(=O)NC(=O)CSCCC(N)C(=O)OC. The van der Waals surface area contributed by atoms with Crippen LogP contribution in [0.15, 0.2) is 0 Å². The first kappa shape index (κ1) is 17.7. The molecule has 0 aliphatic carbocycles. The monoisotopic (exact) mass is 291 g/mol. The fourth-order valence-corrected chi connectivity index (χ4v) is 1.91. The minimum atomic E-state index is -0.673. The smallest absolute Gasteiger partial charge is 0.322 e. The molecule has 0 aromatic rings. The Morgan fingerprint density at radius 1 is 1.37 bits per heavy atom. The van der Waals surface area contributed by atoms with E-state index in [4.69, 9.17) is 5.73 Å². The van der Waals surface area contributed by atoms with Gasteiger partial charge in [-0.05, 0) is 18.6 Å². The Morgan fingerprint density at radius 2 is 2.05 bits per heavy atom. The largest absolute Gasteiger partial charge is 0.468 e. The number of esters is 1. The molecule has 0 aromatic heterocycles. The molecule has 0 fully saturated rings. The van der Waals surface area contributed by atoms with E-state index in [-0.39, 0.29) is 11.7 Å². The summed E-state index contributed by atoms with van der Waals surface area (Å²) in [5.41, 5.74) is 5.53. The van der Waals surface area contributed by atoms with Crippen LogP contribution in [0, 0.1) is 0 Å². The van der Waals surface area contributed by atoms with Crippen molar-refractivity contribution in [2.75, 3.05) is 25.2 Å². The van der Waals surface area contributed by atoms with Gasteiger partial charge in [0.05, 0.1) is 12.9 Å². The van der Waals surface area contributed by atoms with E-state index >= 15 is 0 Å². The van der Waals surface area contributed by atoms with Crippen molar-refractivity contribution in [2.24, 2.45) is 5.73 Å². The van der Waals surface area contributed by atoms with Crippen LogP contribution in [0.3, 0.4) is 0 Å². The van der Waals surface area contributed by atoms with E-state index in [1.165, 1.54) is 18.9 Å². The second-order valence-electron chi connectivity index (χ2n) is 3.77. The van der Waals surface area contributed by atoms with E-state index in [0.29, 0.717) is 18.7 Å². The van der Waals surface area contributed by atoms with Crippen LogP contribution in [0.4, 0.5) is 4.79 Å². The van der Waals surface area contributed by atoms with Crippen molar-refractivity contribution in [2.45, 2.75) is 25.8 Å². The summed E-state index contributed by atoms with van der Waals surface area (Å²) in [6.45, 7) is 2.45. The number of rotatable bonds is 8. The molecular formula is C11H21N3O4S. The van der Waals surface area contributed by atoms with Crippen molar-refractivity contribution in [3.05, 3.63) is 0 Å². The Bertz CT molecular complexity index is 312. The summed E-state index contributed by atoms with van der Waals surface area (Å²) in [5.74, 6) is -0.150. The zero-order valence-electron chi connectivity index (χ0n) is 11.2. The molecule has 0 aliphatic heterocycles. The van der Waals surface area contributed by atoms with Crippen molar-refractivity contribution >= 4 is 29.7 Å². The average Bonchev–Trinajstić information content (AvgIpc) is 2.39. The van der Waals surface area contributed by atoms with E-state index in [9.17, 15) is 14.4 Å². The summed E-state index contributed by atoms with van der Waals surface area (Å²) in [6.07, 6.45) is 1.23. The third kappa shape index (κ3) is 9.32. The molecule has 1 unspecified atom stereocenters. The average molecular weight is 291 g/mol. The van der Waals surface area contributed by atoms with Gasteiger partial charge in [0.25, 0.3) is 0 Å². The van der Waals surface area contributed by atoms with Crippen molar-refractivity contribution in [3.8, 4) is 0 Å². The molecule has 0 bridgehead atoms. The van der Waals surface area contributed by atoms with Gasteiger partial charge >= 0.3 is 12.0 Å². The molecule has 0 saturated heterocycles.